The molecular formula is C23H49NSi4. The number of unbranched alkanes of at least 4 members (excludes halogenated alkanes) is 2. The van der Waals surface area contributed by atoms with Gasteiger partial charge in [-0.3, -0.25) is 0 Å². The molecule has 5 heteroatoms. The molecule has 0 amide bonds. The number of nitrogens with zero attached hydrogens (tertiary/aromatic N) is 1. The topological polar surface area (TPSA) is 3.24 Å². The van der Waals surface area contributed by atoms with Crippen LogP contribution in [-0.2, 0) is 0 Å². The van der Waals surface area contributed by atoms with Crippen molar-refractivity contribution in [2.45, 2.75) is 98.5 Å². The molecule has 0 N–H and O–H groups in total. The maximum atomic E-state index is 2.69. The fourth-order valence-electron chi connectivity index (χ4n) is 6.66. The van der Waals surface area contributed by atoms with Crippen molar-refractivity contribution in [3.05, 3.63) is 24.3 Å². The normalized spacial score (nSPS) is 13.7. The van der Waals surface area contributed by atoms with E-state index in [0.717, 1.165) is 0 Å². The molecule has 0 atom stereocenters. The Morgan fingerprint density at radius 3 is 1.25 bits per heavy atom. The quantitative estimate of drug-likeness (QED) is 0.327. The van der Waals surface area contributed by atoms with Gasteiger partial charge in [-0.1, -0.05) is 103 Å². The van der Waals surface area contributed by atoms with Crippen LogP contribution in [0.4, 0.5) is 5.69 Å². The van der Waals surface area contributed by atoms with Crippen LogP contribution in [0.1, 0.15) is 39.5 Å². The fourth-order valence-corrected chi connectivity index (χ4v) is 107. The van der Waals surface area contributed by atoms with Gasteiger partial charge in [-0.2, -0.15) is 0 Å². The molecule has 0 saturated carbocycles. The molecule has 1 nitrogen and oxygen atoms in total. The van der Waals surface area contributed by atoms with Crippen molar-refractivity contribution in [1.82, 2.24) is 0 Å². The number of rotatable bonds is 11. The van der Waals surface area contributed by atoms with Crippen LogP contribution >= 0.6 is 0 Å². The predicted molar refractivity (Wildman–Crippen MR) is 144 cm³/mol. The van der Waals surface area contributed by atoms with Gasteiger partial charge in [0.25, 0.3) is 0 Å². The van der Waals surface area contributed by atoms with Crippen molar-refractivity contribution >= 4 is 40.3 Å². The number of hydrogen-bond acceptors (Lipinski definition) is 1. The molecule has 0 radical (unpaired) electrons. The highest BCUT2D eigenvalue weighted by atomic mass is 29.9. The lowest BCUT2D eigenvalue weighted by Gasteiger charge is -2.57. The second kappa shape index (κ2) is 9.80. The Kier molecular flexibility index (Phi) is 9.07. The maximum Gasteiger partial charge on any atom is 0.0685 e. The molecule has 0 aliphatic rings. The minimum absolute atomic E-state index is 1.20. The van der Waals surface area contributed by atoms with Crippen LogP contribution in [0.2, 0.25) is 58.9 Å². The average Bonchev–Trinajstić information content (AvgIpc) is 2.52. The summed E-state index contributed by atoms with van der Waals surface area (Å²) in [6, 6.07) is 10.2. The molecule has 1 aromatic carbocycles. The summed E-state index contributed by atoms with van der Waals surface area (Å²) in [7, 11) is -3.86. The minimum atomic E-state index is -1.49. The number of anilines is 1. The van der Waals surface area contributed by atoms with Crippen molar-refractivity contribution in [2.24, 2.45) is 0 Å². The Bertz CT molecular complexity index is 547. The van der Waals surface area contributed by atoms with Gasteiger partial charge in [0.05, 0.1) is 6.63 Å². The first-order valence-corrected chi connectivity index (χ1v) is 27.1. The molecule has 1 aromatic rings. The van der Waals surface area contributed by atoms with E-state index in [2.05, 4.69) is 102 Å². The molecule has 0 aromatic heterocycles. The molecule has 0 unspecified atom stereocenters. The largest absolute Gasteiger partial charge is 0.372 e. The van der Waals surface area contributed by atoms with Crippen LogP contribution in [0, 0.1) is 0 Å². The Hall–Kier alpha value is -0.112. The number of hydrogen-bond donors (Lipinski definition) is 0. The highest BCUT2D eigenvalue weighted by molar-refractivity contribution is 7.92. The molecule has 162 valence electrons. The third-order valence-corrected chi connectivity index (χ3v) is 77.9. The van der Waals surface area contributed by atoms with E-state index in [1.54, 1.807) is 5.19 Å². The van der Waals surface area contributed by atoms with Gasteiger partial charge in [-0.25, -0.2) is 0 Å². The minimum Gasteiger partial charge on any atom is -0.372 e. The van der Waals surface area contributed by atoms with E-state index in [1.807, 2.05) is 0 Å². The Balaban J connectivity index is 3.47. The van der Waals surface area contributed by atoms with Crippen LogP contribution < -0.4 is 10.1 Å². The monoisotopic (exact) mass is 451 g/mol. The van der Waals surface area contributed by atoms with Gasteiger partial charge in [0.1, 0.15) is 0 Å². The average molecular weight is 452 g/mol. The first kappa shape index (κ1) is 25.9. The van der Waals surface area contributed by atoms with Crippen LogP contribution in [0.5, 0.6) is 0 Å². The Morgan fingerprint density at radius 2 is 0.964 bits per heavy atom. The molecule has 0 aliphatic heterocycles. The molecule has 0 heterocycles. The van der Waals surface area contributed by atoms with Crippen LogP contribution in [0.15, 0.2) is 24.3 Å². The Morgan fingerprint density at radius 1 is 0.607 bits per heavy atom. The summed E-state index contributed by atoms with van der Waals surface area (Å²) in [5.41, 5.74) is 1.45. The van der Waals surface area contributed by atoms with E-state index in [1.165, 1.54) is 44.5 Å². The van der Waals surface area contributed by atoms with E-state index >= 15 is 0 Å². The molecule has 0 fully saturated rings. The van der Waals surface area contributed by atoms with Gasteiger partial charge in [0, 0.05) is 41.6 Å². The maximum absolute atomic E-state index is 2.69. The van der Waals surface area contributed by atoms with Crippen molar-refractivity contribution in [3.63, 3.8) is 0 Å². The molecule has 0 spiro atoms. The highest BCUT2D eigenvalue weighted by Crippen LogP contribution is 2.37. The van der Waals surface area contributed by atoms with E-state index < -0.39 is 29.4 Å². The van der Waals surface area contributed by atoms with E-state index in [4.69, 9.17) is 0 Å². The van der Waals surface area contributed by atoms with E-state index in [0.29, 0.717) is 0 Å². The second-order valence-electron chi connectivity index (χ2n) is 11.7. The van der Waals surface area contributed by atoms with Crippen LogP contribution in [0.3, 0.4) is 0 Å². The molecule has 28 heavy (non-hydrogen) atoms. The van der Waals surface area contributed by atoms with Gasteiger partial charge in [-0.15, -0.1) is 0 Å². The van der Waals surface area contributed by atoms with Gasteiger partial charge in [0.2, 0.25) is 0 Å². The highest BCUT2D eigenvalue weighted by Gasteiger charge is 2.62. The molecule has 0 aliphatic carbocycles. The van der Waals surface area contributed by atoms with Crippen molar-refractivity contribution in [3.8, 4) is 0 Å². The van der Waals surface area contributed by atoms with E-state index in [-0.39, 0.29) is 0 Å². The molecular weight excluding hydrogens is 403 g/mol. The SMILES string of the molecule is CCCCN(CCCC)c1ccc([Si]([Si](C)(C)C)([Si](C)(C)C)[Si](C)(C)C)cc1. The van der Waals surface area contributed by atoms with Crippen molar-refractivity contribution in [1.29, 1.82) is 0 Å². The van der Waals surface area contributed by atoms with Gasteiger partial charge in [0.15, 0.2) is 0 Å². The molecule has 0 bridgehead atoms. The van der Waals surface area contributed by atoms with Crippen LogP contribution in [0.25, 0.3) is 0 Å². The molecule has 1 rings (SSSR count). The summed E-state index contributed by atoms with van der Waals surface area (Å²) in [6.45, 7) is 29.8. The second-order valence-corrected chi connectivity index (χ2v) is 52.1. The smallest absolute Gasteiger partial charge is 0.0685 e. The third-order valence-electron chi connectivity index (χ3n) is 6.60. The fraction of sp³-hybridized carbons (Fsp3) is 0.739. The number of benzene rings is 1. The summed E-state index contributed by atoms with van der Waals surface area (Å²) < 4.78 is 0. The van der Waals surface area contributed by atoms with Crippen molar-refractivity contribution in [2.75, 3.05) is 18.0 Å². The van der Waals surface area contributed by atoms with Gasteiger partial charge < -0.3 is 4.90 Å². The van der Waals surface area contributed by atoms with Crippen molar-refractivity contribution < 1.29 is 0 Å². The van der Waals surface area contributed by atoms with Crippen LogP contribution in [-0.4, -0.2) is 42.5 Å². The zero-order valence-electron chi connectivity index (χ0n) is 21.0. The summed E-state index contributed by atoms with van der Waals surface area (Å²) in [6.07, 6.45) is 5.14. The summed E-state index contributed by atoms with van der Waals surface area (Å²) in [5.74, 6) is 0. The standard InChI is InChI=1S/C23H49NSi4/c1-12-14-20-24(21-15-13-2)22-16-18-23(19-17-22)28(25(3,4)5,26(6,7)8)27(9,10)11/h16-19H,12-15,20-21H2,1-11H3. The van der Waals surface area contributed by atoms with Gasteiger partial charge >= 0.3 is 0 Å². The third kappa shape index (κ3) is 5.32. The first-order valence-electron chi connectivity index (χ1n) is 11.6. The lowest BCUT2D eigenvalue weighted by atomic mass is 10.2. The summed E-state index contributed by atoms with van der Waals surface area (Å²) >= 11 is 0. The predicted octanol–water partition coefficient (Wildman–Crippen LogP) is 7.00. The van der Waals surface area contributed by atoms with Gasteiger partial charge in [-0.05, 0) is 25.0 Å². The zero-order chi connectivity index (χ0) is 21.8. The molecule has 0 saturated heterocycles. The summed E-state index contributed by atoms with van der Waals surface area (Å²) in [5, 5.41) is 1.81. The Labute approximate surface area is 180 Å². The zero-order valence-corrected chi connectivity index (χ0v) is 25.0. The lowest BCUT2D eigenvalue weighted by molar-refractivity contribution is 0.678. The first-order chi connectivity index (χ1) is 12.7. The van der Waals surface area contributed by atoms with E-state index in [9.17, 15) is 0 Å². The lowest BCUT2D eigenvalue weighted by Crippen LogP contribution is -2.88. The summed E-state index contributed by atoms with van der Waals surface area (Å²) in [4.78, 5) is 2.64.